The fourth-order valence-electron chi connectivity index (χ4n) is 1.38. The molecule has 1 aliphatic carbocycles. The minimum Gasteiger partial charge on any atom is -0.412 e. The molecule has 6 nitrogen and oxygen atoms in total. The summed E-state index contributed by atoms with van der Waals surface area (Å²) in [6.07, 6.45) is 10.9. The van der Waals surface area contributed by atoms with Crippen molar-refractivity contribution in [3.8, 4) is 0 Å². The molecule has 1 aliphatic rings. The number of imidazole rings is 1. The van der Waals surface area contributed by atoms with Crippen molar-refractivity contribution in [1.29, 1.82) is 0 Å². The lowest BCUT2D eigenvalue weighted by atomic mass is 10.1. The van der Waals surface area contributed by atoms with Gasteiger partial charge in [0.15, 0.2) is 0 Å². The van der Waals surface area contributed by atoms with Gasteiger partial charge in [-0.25, -0.2) is 14.3 Å². The Balaban J connectivity index is 0.00000128. The predicted molar refractivity (Wildman–Crippen MR) is 67.9 cm³/mol. The molecule has 1 aromatic rings. The third kappa shape index (κ3) is 3.61. The summed E-state index contributed by atoms with van der Waals surface area (Å²) in [5, 5.41) is 2.74. The van der Waals surface area contributed by atoms with E-state index in [1.807, 2.05) is 18.2 Å². The van der Waals surface area contributed by atoms with Gasteiger partial charge in [0.05, 0.1) is 0 Å². The Kier molecular flexibility index (Phi) is 6.01. The second-order valence-corrected chi connectivity index (χ2v) is 3.22. The van der Waals surface area contributed by atoms with Crippen molar-refractivity contribution in [1.82, 2.24) is 14.9 Å². The van der Waals surface area contributed by atoms with E-state index in [0.29, 0.717) is 0 Å². The van der Waals surface area contributed by atoms with Crippen molar-refractivity contribution >= 4 is 24.4 Å². The van der Waals surface area contributed by atoms with E-state index in [0.717, 1.165) is 18.5 Å². The quantitative estimate of drug-likeness (QED) is 0.780. The third-order valence-corrected chi connectivity index (χ3v) is 2.13. The molecule has 0 saturated carbocycles. The molecule has 0 aliphatic heterocycles. The van der Waals surface area contributed by atoms with E-state index in [4.69, 9.17) is 5.73 Å². The molecule has 1 aromatic heterocycles. The number of nitrogen functional groups attached to an aromatic ring is 1. The van der Waals surface area contributed by atoms with Crippen molar-refractivity contribution in [2.75, 3.05) is 5.73 Å². The van der Waals surface area contributed by atoms with Crippen molar-refractivity contribution in [2.24, 2.45) is 0 Å². The summed E-state index contributed by atoms with van der Waals surface area (Å²) >= 11 is 0. The van der Waals surface area contributed by atoms with Crippen LogP contribution in [0.15, 0.2) is 36.3 Å². The third-order valence-electron chi connectivity index (χ3n) is 2.13. The Bertz CT molecular complexity index is 439. The average Bonchev–Trinajstić information content (AvgIpc) is 2.66. The molecule has 0 bridgehead atoms. The molecular weight excluding hydrogens is 244 g/mol. The maximum atomic E-state index is 11.7. The number of hydrogen-bond acceptors (Lipinski definition) is 3. The number of anilines is 1. The van der Waals surface area contributed by atoms with Gasteiger partial charge < -0.3 is 16.5 Å². The van der Waals surface area contributed by atoms with E-state index in [1.165, 1.54) is 17.0 Å². The maximum Gasteiger partial charge on any atom is 0.332 e. The molecule has 1 heterocycles. The van der Waals surface area contributed by atoms with Crippen LogP contribution >= 0.6 is 12.4 Å². The minimum absolute atomic E-state index is 0. The van der Waals surface area contributed by atoms with Gasteiger partial charge in [0.25, 0.3) is 0 Å². The first-order chi connectivity index (χ1) is 7.27. The van der Waals surface area contributed by atoms with Crippen molar-refractivity contribution in [2.45, 2.75) is 12.8 Å². The molecule has 5 N–H and O–H groups in total. The van der Waals surface area contributed by atoms with Crippen LogP contribution in [0.5, 0.6) is 0 Å². The Labute approximate surface area is 105 Å². The number of nitrogens with two attached hydrogens (primary N) is 1. The maximum absolute atomic E-state index is 11.7. The molecule has 17 heavy (non-hydrogen) atoms. The Morgan fingerprint density at radius 1 is 1.47 bits per heavy atom. The molecule has 94 valence electrons. The second kappa shape index (κ2) is 6.72. The highest BCUT2D eigenvalue weighted by Crippen LogP contribution is 2.07. The number of aromatic nitrogens is 2. The number of carbonyl (C=O) groups is 1. The van der Waals surface area contributed by atoms with Crippen LogP contribution in [0.1, 0.15) is 12.8 Å². The van der Waals surface area contributed by atoms with Crippen LogP contribution < -0.4 is 11.1 Å². The number of carbonyl (C=O) groups excluding carboxylic acids is 1. The Hall–Kier alpha value is -1.79. The first-order valence-electron chi connectivity index (χ1n) is 4.74. The number of hydrogen-bond donors (Lipinski definition) is 2. The molecule has 0 unspecified atom stereocenters. The van der Waals surface area contributed by atoms with Gasteiger partial charge in [0.2, 0.25) is 5.95 Å². The summed E-state index contributed by atoms with van der Waals surface area (Å²) in [6, 6.07) is -0.289. The van der Waals surface area contributed by atoms with E-state index in [9.17, 15) is 4.79 Å². The second-order valence-electron chi connectivity index (χ2n) is 3.22. The lowest BCUT2D eigenvalue weighted by molar-refractivity contribution is 0.245. The largest absolute Gasteiger partial charge is 0.412 e. The Morgan fingerprint density at radius 2 is 2.24 bits per heavy atom. The van der Waals surface area contributed by atoms with E-state index in [-0.39, 0.29) is 29.9 Å². The molecule has 0 saturated heterocycles. The first kappa shape index (κ1) is 15.2. The topological polar surface area (TPSA) is 104 Å². The fourth-order valence-corrected chi connectivity index (χ4v) is 1.38. The molecule has 7 heteroatoms. The number of halogens is 1. The number of rotatable bonds is 1. The highest BCUT2D eigenvalue weighted by molar-refractivity contribution is 5.85. The molecule has 0 spiro atoms. The van der Waals surface area contributed by atoms with Crippen LogP contribution in [-0.2, 0) is 0 Å². The van der Waals surface area contributed by atoms with E-state index < -0.39 is 0 Å². The smallest absolute Gasteiger partial charge is 0.332 e. The lowest BCUT2D eigenvalue weighted by Crippen LogP contribution is -2.28. The van der Waals surface area contributed by atoms with Crippen LogP contribution in [-0.4, -0.2) is 21.1 Å². The standard InChI is InChI=1S/C10H12N4O.ClH.H2O/c11-9-12-6-7-14(9)10(15)13-8-4-2-1-3-5-8;;/h2,4-7H,1,3H2,(H2,11,12)(H,13,15);1H;1H2. The van der Waals surface area contributed by atoms with E-state index >= 15 is 0 Å². The monoisotopic (exact) mass is 258 g/mol. The van der Waals surface area contributed by atoms with Gasteiger partial charge in [0.1, 0.15) is 0 Å². The SMILES string of the molecule is Cl.Nc1nccn1C(=O)NC1=CCCC=C1.O. The van der Waals surface area contributed by atoms with Crippen LogP contribution in [0.4, 0.5) is 10.7 Å². The summed E-state index contributed by atoms with van der Waals surface area (Å²) < 4.78 is 1.27. The highest BCUT2D eigenvalue weighted by atomic mass is 35.5. The van der Waals surface area contributed by atoms with Crippen LogP contribution in [0.2, 0.25) is 0 Å². The molecule has 2 rings (SSSR count). The molecule has 0 atom stereocenters. The number of allylic oxidation sites excluding steroid dienone is 3. The zero-order valence-electron chi connectivity index (χ0n) is 9.09. The molecule has 0 radical (unpaired) electrons. The minimum atomic E-state index is -0.289. The van der Waals surface area contributed by atoms with Crippen molar-refractivity contribution in [3.05, 3.63) is 36.3 Å². The summed E-state index contributed by atoms with van der Waals surface area (Å²) in [7, 11) is 0. The van der Waals surface area contributed by atoms with Gasteiger partial charge in [-0.2, -0.15) is 0 Å². The highest BCUT2D eigenvalue weighted by Gasteiger charge is 2.08. The van der Waals surface area contributed by atoms with E-state index in [1.54, 1.807) is 0 Å². The average molecular weight is 259 g/mol. The van der Waals surface area contributed by atoms with E-state index in [2.05, 4.69) is 10.3 Å². The number of amides is 1. The first-order valence-corrected chi connectivity index (χ1v) is 4.74. The number of nitrogens with zero attached hydrogens (tertiary/aromatic N) is 2. The lowest BCUT2D eigenvalue weighted by Gasteiger charge is -2.09. The molecule has 0 aromatic carbocycles. The molecular formula is C10H15ClN4O2. The van der Waals surface area contributed by atoms with Crippen molar-refractivity contribution in [3.63, 3.8) is 0 Å². The van der Waals surface area contributed by atoms with Gasteiger partial charge in [-0.1, -0.05) is 12.2 Å². The molecule has 0 fully saturated rings. The van der Waals surface area contributed by atoms with Gasteiger partial charge in [-0.05, 0) is 18.9 Å². The summed E-state index contributed by atoms with van der Waals surface area (Å²) in [5.74, 6) is 0.188. The van der Waals surface area contributed by atoms with Crippen LogP contribution in [0.25, 0.3) is 0 Å². The predicted octanol–water partition coefficient (Wildman–Crippen LogP) is 0.854. The van der Waals surface area contributed by atoms with Crippen LogP contribution in [0, 0.1) is 0 Å². The normalized spacial score (nSPS) is 13.1. The van der Waals surface area contributed by atoms with Crippen molar-refractivity contribution < 1.29 is 10.3 Å². The summed E-state index contributed by atoms with van der Waals surface area (Å²) in [4.78, 5) is 15.4. The fraction of sp³-hybridized carbons (Fsp3) is 0.200. The summed E-state index contributed by atoms with van der Waals surface area (Å²) in [6.45, 7) is 0. The Morgan fingerprint density at radius 3 is 2.76 bits per heavy atom. The number of nitrogens with one attached hydrogen (secondary N) is 1. The van der Waals surface area contributed by atoms with Gasteiger partial charge in [0, 0.05) is 18.1 Å². The zero-order valence-corrected chi connectivity index (χ0v) is 9.91. The van der Waals surface area contributed by atoms with Gasteiger partial charge in [-0.15, -0.1) is 12.4 Å². The molecule has 1 amide bonds. The van der Waals surface area contributed by atoms with Gasteiger partial charge in [-0.3, -0.25) is 0 Å². The van der Waals surface area contributed by atoms with Gasteiger partial charge >= 0.3 is 6.03 Å². The zero-order chi connectivity index (χ0) is 10.7. The summed E-state index contributed by atoms with van der Waals surface area (Å²) in [5.41, 5.74) is 6.31. The van der Waals surface area contributed by atoms with Crippen LogP contribution in [0.3, 0.4) is 0 Å².